The van der Waals surface area contributed by atoms with E-state index in [-0.39, 0.29) is 16.5 Å². The monoisotopic (exact) mass is 310 g/mol. The summed E-state index contributed by atoms with van der Waals surface area (Å²) in [6.45, 7) is 1.86. The van der Waals surface area contributed by atoms with E-state index in [1.807, 2.05) is 6.92 Å². The summed E-state index contributed by atoms with van der Waals surface area (Å²) in [5.41, 5.74) is -0.261. The largest absolute Gasteiger partial charge is 0.240 e. The smallest absolute Gasteiger partial charge is 0.208 e. The van der Waals surface area contributed by atoms with E-state index in [9.17, 15) is 12.8 Å². The van der Waals surface area contributed by atoms with Crippen LogP contribution >= 0.6 is 0 Å². The molecule has 1 aliphatic carbocycles. The van der Waals surface area contributed by atoms with E-state index in [1.165, 1.54) is 12.5 Å². The van der Waals surface area contributed by atoms with Gasteiger partial charge in [-0.1, -0.05) is 19.3 Å². The highest BCUT2D eigenvalue weighted by Crippen LogP contribution is 2.27. The topological polar surface area (TPSA) is 70.0 Å². The Labute approximate surface area is 125 Å². The quantitative estimate of drug-likeness (QED) is 0.929. The van der Waals surface area contributed by atoms with Crippen LogP contribution in [-0.4, -0.2) is 14.5 Å². The van der Waals surface area contributed by atoms with Crippen LogP contribution in [-0.2, 0) is 10.0 Å². The third-order valence-electron chi connectivity index (χ3n) is 4.07. The third kappa shape index (κ3) is 3.80. The van der Waals surface area contributed by atoms with Crippen molar-refractivity contribution in [3.63, 3.8) is 0 Å². The lowest BCUT2D eigenvalue weighted by atomic mass is 9.85. The van der Waals surface area contributed by atoms with Crippen molar-refractivity contribution in [3.05, 3.63) is 29.6 Å². The highest BCUT2D eigenvalue weighted by atomic mass is 32.2. The Kier molecular flexibility index (Phi) is 4.96. The van der Waals surface area contributed by atoms with Gasteiger partial charge >= 0.3 is 0 Å². The molecule has 21 heavy (non-hydrogen) atoms. The zero-order chi connectivity index (χ0) is 15.5. The average Bonchev–Trinajstić information content (AvgIpc) is 2.48. The molecule has 0 spiro atoms. The normalized spacial score (nSPS) is 18.1. The molecule has 0 radical (unpaired) electrons. The van der Waals surface area contributed by atoms with Crippen LogP contribution in [0, 0.1) is 23.1 Å². The molecule has 0 amide bonds. The van der Waals surface area contributed by atoms with E-state index in [0.717, 1.165) is 37.8 Å². The number of halogens is 1. The summed E-state index contributed by atoms with van der Waals surface area (Å²) in [5, 5.41) is 8.79. The summed E-state index contributed by atoms with van der Waals surface area (Å²) in [6, 6.07) is 4.77. The van der Waals surface area contributed by atoms with Crippen LogP contribution in [0.15, 0.2) is 23.1 Å². The van der Waals surface area contributed by atoms with Gasteiger partial charge in [-0.2, -0.15) is 5.26 Å². The Bertz CT molecular complexity index is 646. The van der Waals surface area contributed by atoms with Crippen molar-refractivity contribution in [2.24, 2.45) is 5.92 Å². The van der Waals surface area contributed by atoms with Gasteiger partial charge in [0.05, 0.1) is 10.5 Å². The Balaban J connectivity index is 2.16. The predicted octanol–water partition coefficient (Wildman–Crippen LogP) is 2.94. The summed E-state index contributed by atoms with van der Waals surface area (Å²) in [7, 11) is -3.73. The second kappa shape index (κ2) is 6.54. The molecule has 1 aliphatic rings. The number of nitriles is 1. The Morgan fingerprint density at radius 2 is 2.00 bits per heavy atom. The molecule has 2 rings (SSSR count). The Hall–Kier alpha value is -1.45. The van der Waals surface area contributed by atoms with Gasteiger partial charge in [0.2, 0.25) is 10.0 Å². The molecule has 0 heterocycles. The van der Waals surface area contributed by atoms with E-state index in [0.29, 0.717) is 5.92 Å². The fraction of sp³-hybridized carbons (Fsp3) is 0.533. The first-order chi connectivity index (χ1) is 9.94. The van der Waals surface area contributed by atoms with Gasteiger partial charge in [-0.05, 0) is 43.9 Å². The van der Waals surface area contributed by atoms with Crippen LogP contribution in [0.4, 0.5) is 4.39 Å². The van der Waals surface area contributed by atoms with Crippen molar-refractivity contribution in [3.8, 4) is 6.07 Å². The molecule has 4 nitrogen and oxygen atoms in total. The summed E-state index contributed by atoms with van der Waals surface area (Å²) in [4.78, 5) is -0.0666. The first-order valence-corrected chi connectivity index (χ1v) is 8.64. The van der Waals surface area contributed by atoms with Crippen LogP contribution in [0.25, 0.3) is 0 Å². The molecule has 0 saturated heterocycles. The molecule has 0 aromatic heterocycles. The van der Waals surface area contributed by atoms with E-state index in [2.05, 4.69) is 4.72 Å². The summed E-state index contributed by atoms with van der Waals surface area (Å²) >= 11 is 0. The number of hydrogen-bond acceptors (Lipinski definition) is 3. The van der Waals surface area contributed by atoms with Crippen molar-refractivity contribution in [1.82, 2.24) is 4.72 Å². The first kappa shape index (κ1) is 15.9. The standard InChI is InChI=1S/C15H19FN2O2S/c1-11(12-5-3-2-4-6-12)18-21(19,20)14-7-8-15(16)13(9-14)10-17/h7-9,11-12,18H,2-6H2,1H3. The van der Waals surface area contributed by atoms with Crippen molar-refractivity contribution in [1.29, 1.82) is 5.26 Å². The fourth-order valence-electron chi connectivity index (χ4n) is 2.80. The predicted molar refractivity (Wildman–Crippen MR) is 77.5 cm³/mol. The number of benzene rings is 1. The van der Waals surface area contributed by atoms with Crippen LogP contribution in [0.3, 0.4) is 0 Å². The maximum Gasteiger partial charge on any atom is 0.240 e. The van der Waals surface area contributed by atoms with E-state index >= 15 is 0 Å². The lowest BCUT2D eigenvalue weighted by Crippen LogP contribution is -2.38. The molecule has 6 heteroatoms. The van der Waals surface area contributed by atoms with Gasteiger partial charge in [-0.25, -0.2) is 17.5 Å². The van der Waals surface area contributed by atoms with Crippen LogP contribution < -0.4 is 4.72 Å². The van der Waals surface area contributed by atoms with Gasteiger partial charge in [0.15, 0.2) is 0 Å². The van der Waals surface area contributed by atoms with Gasteiger partial charge in [0.25, 0.3) is 0 Å². The SMILES string of the molecule is CC(NS(=O)(=O)c1ccc(F)c(C#N)c1)C1CCCCC1. The molecular weight excluding hydrogens is 291 g/mol. The highest BCUT2D eigenvalue weighted by molar-refractivity contribution is 7.89. The molecule has 1 aromatic rings. The lowest BCUT2D eigenvalue weighted by molar-refractivity contribution is 0.303. The fourth-order valence-corrected chi connectivity index (χ4v) is 4.14. The minimum atomic E-state index is -3.73. The summed E-state index contributed by atoms with van der Waals surface area (Å²) in [5.74, 6) is -0.374. The minimum absolute atomic E-state index is 0.0666. The molecule has 0 aliphatic heterocycles. The zero-order valence-electron chi connectivity index (χ0n) is 12.0. The second-order valence-corrected chi connectivity index (χ2v) is 7.28. The van der Waals surface area contributed by atoms with Crippen molar-refractivity contribution >= 4 is 10.0 Å². The molecule has 1 saturated carbocycles. The second-order valence-electron chi connectivity index (χ2n) is 5.56. The van der Waals surface area contributed by atoms with Crippen LogP contribution in [0.5, 0.6) is 0 Å². The molecule has 1 aromatic carbocycles. The van der Waals surface area contributed by atoms with Gasteiger partial charge in [0, 0.05) is 6.04 Å². The Morgan fingerprint density at radius 1 is 1.33 bits per heavy atom. The van der Waals surface area contributed by atoms with Crippen molar-refractivity contribution in [2.45, 2.75) is 50.0 Å². The maximum absolute atomic E-state index is 13.3. The number of nitrogens with zero attached hydrogens (tertiary/aromatic N) is 1. The van der Waals surface area contributed by atoms with Crippen molar-refractivity contribution < 1.29 is 12.8 Å². The molecular formula is C15H19FN2O2S. The summed E-state index contributed by atoms with van der Waals surface area (Å²) in [6.07, 6.45) is 5.52. The summed E-state index contributed by atoms with van der Waals surface area (Å²) < 4.78 is 40.6. The van der Waals surface area contributed by atoms with Crippen LogP contribution in [0.1, 0.15) is 44.6 Å². The molecule has 0 bridgehead atoms. The first-order valence-electron chi connectivity index (χ1n) is 7.16. The zero-order valence-corrected chi connectivity index (χ0v) is 12.8. The average molecular weight is 310 g/mol. The third-order valence-corrected chi connectivity index (χ3v) is 5.62. The molecule has 1 N–H and O–H groups in total. The molecule has 1 atom stereocenters. The lowest BCUT2D eigenvalue weighted by Gasteiger charge is -2.28. The van der Waals surface area contributed by atoms with Gasteiger partial charge in [0.1, 0.15) is 11.9 Å². The number of rotatable bonds is 4. The van der Waals surface area contributed by atoms with E-state index < -0.39 is 15.8 Å². The molecule has 1 fully saturated rings. The van der Waals surface area contributed by atoms with E-state index in [4.69, 9.17) is 5.26 Å². The maximum atomic E-state index is 13.3. The van der Waals surface area contributed by atoms with Gasteiger partial charge < -0.3 is 0 Å². The van der Waals surface area contributed by atoms with E-state index in [1.54, 1.807) is 6.07 Å². The van der Waals surface area contributed by atoms with Gasteiger partial charge in [-0.15, -0.1) is 0 Å². The number of nitrogens with one attached hydrogen (secondary N) is 1. The minimum Gasteiger partial charge on any atom is -0.208 e. The van der Waals surface area contributed by atoms with Crippen LogP contribution in [0.2, 0.25) is 0 Å². The highest BCUT2D eigenvalue weighted by Gasteiger charge is 2.25. The number of hydrogen-bond donors (Lipinski definition) is 1. The van der Waals surface area contributed by atoms with Gasteiger partial charge in [-0.3, -0.25) is 0 Å². The van der Waals surface area contributed by atoms with Crippen molar-refractivity contribution in [2.75, 3.05) is 0 Å². The molecule has 1 unspecified atom stereocenters. The Morgan fingerprint density at radius 3 is 2.62 bits per heavy atom. The number of sulfonamides is 1. The molecule has 114 valence electrons.